The van der Waals surface area contributed by atoms with Gasteiger partial charge in [0.2, 0.25) is 0 Å². The van der Waals surface area contributed by atoms with Crippen LogP contribution in [0.15, 0.2) is 24.3 Å². The summed E-state index contributed by atoms with van der Waals surface area (Å²) in [6, 6.07) is 9.02. The highest BCUT2D eigenvalue weighted by atomic mass is 16.6. The molecule has 15 heavy (non-hydrogen) atoms. The van der Waals surface area contributed by atoms with Crippen LogP contribution in [0.4, 0.5) is 0 Å². The molecule has 0 saturated carbocycles. The molecule has 0 spiro atoms. The maximum Gasteiger partial charge on any atom is 0.0850 e. The van der Waals surface area contributed by atoms with Crippen molar-refractivity contribution in [3.05, 3.63) is 35.4 Å². The number of hydrogen-bond acceptors (Lipinski definition) is 1. The van der Waals surface area contributed by atoms with Crippen molar-refractivity contribution in [2.75, 3.05) is 6.61 Å². The summed E-state index contributed by atoms with van der Waals surface area (Å²) in [4.78, 5) is 0. The van der Waals surface area contributed by atoms with E-state index >= 15 is 0 Å². The van der Waals surface area contributed by atoms with Gasteiger partial charge in [0, 0.05) is 6.42 Å². The number of benzene rings is 1. The van der Waals surface area contributed by atoms with Gasteiger partial charge in [0.1, 0.15) is 0 Å². The maximum absolute atomic E-state index is 5.23. The van der Waals surface area contributed by atoms with Crippen LogP contribution in [0, 0.1) is 0 Å². The normalized spacial score (nSPS) is 20.3. The quantitative estimate of drug-likeness (QED) is 0.685. The van der Waals surface area contributed by atoms with Crippen molar-refractivity contribution in [1.29, 1.82) is 0 Å². The van der Waals surface area contributed by atoms with Crippen molar-refractivity contribution in [2.24, 2.45) is 0 Å². The Hall–Kier alpha value is -0.820. The molecule has 1 aliphatic rings. The molecule has 82 valence electrons. The molecule has 1 unspecified atom stereocenters. The topological polar surface area (TPSA) is 12.5 Å². The molecule has 0 amide bonds. The molecule has 1 heteroatoms. The zero-order valence-electron chi connectivity index (χ0n) is 9.92. The van der Waals surface area contributed by atoms with E-state index in [2.05, 4.69) is 45.0 Å². The van der Waals surface area contributed by atoms with E-state index < -0.39 is 0 Å². The average molecular weight is 204 g/mol. The number of ether oxygens (including phenoxy) is 1. The van der Waals surface area contributed by atoms with Crippen LogP contribution in [0.1, 0.15) is 38.3 Å². The van der Waals surface area contributed by atoms with Crippen molar-refractivity contribution in [3.8, 4) is 0 Å². The Morgan fingerprint density at radius 2 is 1.87 bits per heavy atom. The third kappa shape index (κ3) is 2.60. The molecule has 1 aromatic carbocycles. The lowest BCUT2D eigenvalue weighted by Crippen LogP contribution is -2.15. The second-order valence-electron chi connectivity index (χ2n) is 5.09. The minimum absolute atomic E-state index is 0.300. The number of rotatable bonds is 4. The largest absolute Gasteiger partial charge is 0.373 e. The first kappa shape index (κ1) is 10.7. The van der Waals surface area contributed by atoms with Gasteiger partial charge in [-0.2, -0.15) is 0 Å². The Balaban J connectivity index is 2.08. The third-order valence-electron chi connectivity index (χ3n) is 3.49. The van der Waals surface area contributed by atoms with Crippen LogP contribution in [0.25, 0.3) is 0 Å². The predicted molar refractivity (Wildman–Crippen MR) is 63.2 cm³/mol. The predicted octanol–water partition coefficient (Wildman–Crippen LogP) is 3.32. The molecule has 0 radical (unpaired) electrons. The molecule has 1 aliphatic heterocycles. The van der Waals surface area contributed by atoms with Crippen molar-refractivity contribution in [3.63, 3.8) is 0 Å². The summed E-state index contributed by atoms with van der Waals surface area (Å²) >= 11 is 0. The molecule has 2 rings (SSSR count). The summed E-state index contributed by atoms with van der Waals surface area (Å²) in [7, 11) is 0. The van der Waals surface area contributed by atoms with Crippen LogP contribution in [0.5, 0.6) is 0 Å². The standard InChI is InChI=1S/C14H20O/c1-4-14(2,3)12-7-5-11(6-8-12)9-13-10-15-13/h5-8,13H,4,9-10H2,1-3H3. The minimum atomic E-state index is 0.300. The molecule has 0 bridgehead atoms. The minimum Gasteiger partial charge on any atom is -0.373 e. The lowest BCUT2D eigenvalue weighted by atomic mass is 9.82. The summed E-state index contributed by atoms with van der Waals surface area (Å²) in [6.07, 6.45) is 2.75. The molecule has 0 N–H and O–H groups in total. The second-order valence-corrected chi connectivity index (χ2v) is 5.09. The van der Waals surface area contributed by atoms with Crippen molar-refractivity contribution >= 4 is 0 Å². The van der Waals surface area contributed by atoms with Gasteiger partial charge >= 0.3 is 0 Å². The van der Waals surface area contributed by atoms with Gasteiger partial charge in [-0.1, -0.05) is 45.0 Å². The maximum atomic E-state index is 5.23. The summed E-state index contributed by atoms with van der Waals surface area (Å²) < 4.78 is 5.23. The fourth-order valence-electron chi connectivity index (χ4n) is 1.74. The molecule has 0 aliphatic carbocycles. The van der Waals surface area contributed by atoms with E-state index in [9.17, 15) is 0 Å². The van der Waals surface area contributed by atoms with E-state index in [1.807, 2.05) is 0 Å². The van der Waals surface area contributed by atoms with Gasteiger partial charge in [-0.05, 0) is 23.0 Å². The molecular formula is C14H20O. The summed E-state index contributed by atoms with van der Waals surface area (Å²) in [5, 5.41) is 0. The Kier molecular flexibility index (Phi) is 2.83. The van der Waals surface area contributed by atoms with E-state index in [1.165, 1.54) is 17.5 Å². The van der Waals surface area contributed by atoms with Crippen LogP contribution in [0.2, 0.25) is 0 Å². The zero-order valence-corrected chi connectivity index (χ0v) is 9.92. The highest BCUT2D eigenvalue weighted by Crippen LogP contribution is 2.27. The van der Waals surface area contributed by atoms with E-state index in [-0.39, 0.29) is 0 Å². The smallest absolute Gasteiger partial charge is 0.0850 e. The first-order valence-electron chi connectivity index (χ1n) is 5.83. The summed E-state index contributed by atoms with van der Waals surface area (Å²) in [6.45, 7) is 7.78. The van der Waals surface area contributed by atoms with Gasteiger partial charge in [-0.25, -0.2) is 0 Å². The van der Waals surface area contributed by atoms with Crippen LogP contribution in [-0.2, 0) is 16.6 Å². The zero-order chi connectivity index (χ0) is 10.9. The fourth-order valence-corrected chi connectivity index (χ4v) is 1.74. The molecule has 1 fully saturated rings. The van der Waals surface area contributed by atoms with Gasteiger partial charge in [0.15, 0.2) is 0 Å². The van der Waals surface area contributed by atoms with Gasteiger partial charge in [-0.3, -0.25) is 0 Å². The Morgan fingerprint density at radius 3 is 2.33 bits per heavy atom. The van der Waals surface area contributed by atoms with Gasteiger partial charge in [0.25, 0.3) is 0 Å². The van der Waals surface area contributed by atoms with Gasteiger partial charge in [0.05, 0.1) is 12.7 Å². The fraction of sp³-hybridized carbons (Fsp3) is 0.571. The van der Waals surface area contributed by atoms with E-state index in [0.29, 0.717) is 11.5 Å². The average Bonchev–Trinajstić information content (AvgIpc) is 3.03. The van der Waals surface area contributed by atoms with Crippen LogP contribution in [-0.4, -0.2) is 12.7 Å². The molecule has 1 nitrogen and oxygen atoms in total. The highest BCUT2D eigenvalue weighted by Gasteiger charge is 2.23. The van der Waals surface area contributed by atoms with Crippen molar-refractivity contribution in [1.82, 2.24) is 0 Å². The number of epoxide rings is 1. The lowest BCUT2D eigenvalue weighted by molar-refractivity contribution is 0.407. The SMILES string of the molecule is CCC(C)(C)c1ccc(CC2CO2)cc1. The Labute approximate surface area is 92.5 Å². The van der Waals surface area contributed by atoms with E-state index in [1.54, 1.807) is 0 Å². The molecule has 1 saturated heterocycles. The van der Waals surface area contributed by atoms with Crippen LogP contribution >= 0.6 is 0 Å². The molecule has 0 aromatic heterocycles. The Morgan fingerprint density at radius 1 is 1.27 bits per heavy atom. The lowest BCUT2D eigenvalue weighted by Gasteiger charge is -2.23. The Bertz CT molecular complexity index is 320. The highest BCUT2D eigenvalue weighted by molar-refractivity contribution is 5.28. The van der Waals surface area contributed by atoms with E-state index in [4.69, 9.17) is 4.74 Å². The van der Waals surface area contributed by atoms with Crippen molar-refractivity contribution in [2.45, 2.75) is 45.1 Å². The van der Waals surface area contributed by atoms with Gasteiger partial charge < -0.3 is 4.74 Å². The molecule has 1 aromatic rings. The van der Waals surface area contributed by atoms with Crippen LogP contribution < -0.4 is 0 Å². The first-order valence-corrected chi connectivity index (χ1v) is 5.83. The summed E-state index contributed by atoms with van der Waals surface area (Å²) in [5.74, 6) is 0. The monoisotopic (exact) mass is 204 g/mol. The molecule has 1 atom stereocenters. The number of hydrogen-bond donors (Lipinski definition) is 0. The van der Waals surface area contributed by atoms with Crippen LogP contribution in [0.3, 0.4) is 0 Å². The van der Waals surface area contributed by atoms with Gasteiger partial charge in [-0.15, -0.1) is 0 Å². The van der Waals surface area contributed by atoms with Crippen molar-refractivity contribution < 1.29 is 4.74 Å². The summed E-state index contributed by atoms with van der Waals surface area (Å²) in [5.41, 5.74) is 3.13. The second kappa shape index (κ2) is 3.97. The third-order valence-corrected chi connectivity index (χ3v) is 3.49. The van der Waals surface area contributed by atoms with E-state index in [0.717, 1.165) is 13.0 Å². The molecular weight excluding hydrogens is 184 g/mol. The first-order chi connectivity index (χ1) is 7.12. The molecule has 1 heterocycles.